The first-order valence-corrected chi connectivity index (χ1v) is 5.77. The van der Waals surface area contributed by atoms with E-state index in [9.17, 15) is 5.11 Å². The normalized spacial score (nSPS) is 16.3. The number of rotatable bonds is 3. The molecule has 0 bridgehead atoms. The van der Waals surface area contributed by atoms with Crippen molar-refractivity contribution in [2.75, 3.05) is 19.7 Å². The van der Waals surface area contributed by atoms with E-state index in [0.717, 1.165) is 31.5 Å². The molecular weight excluding hydrogens is 311 g/mol. The topological polar surface area (TPSA) is 54.4 Å². The third kappa shape index (κ3) is 5.32. The van der Waals surface area contributed by atoms with E-state index in [1.54, 1.807) is 6.20 Å². The average molecular weight is 332 g/mol. The molecule has 7 heteroatoms. The molecule has 112 valence electrons. The third-order valence-corrected chi connectivity index (χ3v) is 3.00. The van der Waals surface area contributed by atoms with Crippen molar-refractivity contribution in [2.24, 2.45) is 0 Å². The maximum absolute atomic E-state index is 10.4. The molecule has 0 unspecified atom stereocenters. The molecule has 1 aliphatic rings. The molecule has 0 amide bonds. The van der Waals surface area contributed by atoms with Gasteiger partial charge >= 0.3 is 1.43 Å². The second kappa shape index (κ2) is 9.61. The van der Waals surface area contributed by atoms with Crippen LogP contribution in [-0.2, 0) is 5.60 Å². The summed E-state index contributed by atoms with van der Waals surface area (Å²) in [6, 6.07) is 3.72. The van der Waals surface area contributed by atoms with Crippen molar-refractivity contribution in [2.45, 2.75) is 25.4 Å². The van der Waals surface area contributed by atoms with Crippen molar-refractivity contribution in [3.05, 3.63) is 23.9 Å². The van der Waals surface area contributed by atoms with Gasteiger partial charge in [-0.1, -0.05) is 0 Å². The third-order valence-electron chi connectivity index (χ3n) is 3.00. The highest BCUT2D eigenvalue weighted by Gasteiger charge is 2.31. The van der Waals surface area contributed by atoms with Crippen LogP contribution in [0.2, 0.25) is 0 Å². The Kier molecular flexibility index (Phi) is 10.6. The molecule has 0 saturated carbocycles. The maximum Gasteiger partial charge on any atom is 1.00 e. The van der Waals surface area contributed by atoms with Gasteiger partial charge < -0.3 is 27.6 Å². The van der Waals surface area contributed by atoms with Crippen LogP contribution in [-0.4, -0.2) is 29.8 Å². The molecule has 1 aliphatic heterocycles. The fourth-order valence-corrected chi connectivity index (χ4v) is 2.02. The molecule has 2 heterocycles. The quantitative estimate of drug-likeness (QED) is 0.747. The number of ether oxygens (including phenoxy) is 1. The lowest BCUT2D eigenvalue weighted by molar-refractivity contribution is -0.0000749. The molecule has 1 aromatic rings. The molecule has 0 aromatic carbocycles. The Morgan fingerprint density at radius 3 is 2.47 bits per heavy atom. The van der Waals surface area contributed by atoms with Gasteiger partial charge in [-0.3, -0.25) is 0 Å². The van der Waals surface area contributed by atoms with Crippen molar-refractivity contribution in [1.82, 2.24) is 10.3 Å². The van der Waals surface area contributed by atoms with E-state index in [2.05, 4.69) is 10.3 Å². The Balaban J connectivity index is -0.000000722. The van der Waals surface area contributed by atoms with E-state index in [4.69, 9.17) is 4.74 Å². The molecule has 0 aliphatic carbocycles. The van der Waals surface area contributed by atoms with Crippen molar-refractivity contribution in [3.8, 4) is 5.88 Å². The highest BCUT2D eigenvalue weighted by atomic mass is 35.5. The molecule has 1 saturated heterocycles. The standard InChI is InChI=1S/C12H18N2O2.3ClH/c1-2-16-11-4-3-10(9-14-11)12(15)5-7-13-8-6-12;;;/h3-4,9,13,15H,2,5-8H2,1H3;3*1H. The fraction of sp³-hybridized carbons (Fsp3) is 0.583. The van der Waals surface area contributed by atoms with Gasteiger partial charge in [-0.05, 0) is 38.9 Å². The molecule has 0 spiro atoms. The Hall–Kier alpha value is -0.260. The summed E-state index contributed by atoms with van der Waals surface area (Å²) in [4.78, 5) is 4.19. The van der Waals surface area contributed by atoms with Gasteiger partial charge in [-0.25, -0.2) is 4.98 Å². The molecule has 1 aromatic heterocycles. The molecule has 4 nitrogen and oxygen atoms in total. The summed E-state index contributed by atoms with van der Waals surface area (Å²) >= 11 is 0. The first-order chi connectivity index (χ1) is 7.74. The van der Waals surface area contributed by atoms with Crippen LogP contribution in [0.4, 0.5) is 0 Å². The number of pyridine rings is 1. The summed E-state index contributed by atoms with van der Waals surface area (Å²) in [6.07, 6.45) is 3.20. The largest absolute Gasteiger partial charge is 1.00 e. The lowest BCUT2D eigenvalue weighted by atomic mass is 9.86. The zero-order valence-electron chi connectivity index (χ0n) is 11.8. The summed E-state index contributed by atoms with van der Waals surface area (Å²) in [5.41, 5.74) is 0.167. The molecule has 0 radical (unpaired) electrons. The summed E-state index contributed by atoms with van der Waals surface area (Å²) in [6.45, 7) is 4.24. The highest BCUT2D eigenvalue weighted by molar-refractivity contribution is 5.85. The number of nitrogens with one attached hydrogen (secondary N) is 1. The van der Waals surface area contributed by atoms with Gasteiger partial charge in [0, 0.05) is 17.8 Å². The van der Waals surface area contributed by atoms with Gasteiger partial charge in [0.1, 0.15) is 0 Å². The Morgan fingerprint density at radius 1 is 1.37 bits per heavy atom. The zero-order chi connectivity index (χ0) is 11.4. The number of aromatic nitrogens is 1. The monoisotopic (exact) mass is 330 g/mol. The van der Waals surface area contributed by atoms with Crippen LogP contribution in [0.3, 0.4) is 0 Å². The SMILES string of the molecule is CCOc1ccc(C2(O)CCNCC2)cn1.Cl.Cl.[Cl-].[H+]. The second-order valence-corrected chi connectivity index (χ2v) is 4.10. The van der Waals surface area contributed by atoms with Gasteiger partial charge in [0.05, 0.1) is 12.2 Å². The minimum atomic E-state index is -0.719. The Morgan fingerprint density at radius 2 is 2.00 bits per heavy atom. The van der Waals surface area contributed by atoms with Crippen molar-refractivity contribution in [1.29, 1.82) is 0 Å². The van der Waals surface area contributed by atoms with Crippen LogP contribution in [0.25, 0.3) is 0 Å². The van der Waals surface area contributed by atoms with Crippen molar-refractivity contribution >= 4 is 24.8 Å². The molecule has 1 fully saturated rings. The van der Waals surface area contributed by atoms with Gasteiger partial charge in [0.15, 0.2) is 0 Å². The van der Waals surface area contributed by atoms with Gasteiger partial charge in [-0.2, -0.15) is 0 Å². The number of hydrogen-bond acceptors (Lipinski definition) is 4. The molecule has 0 atom stereocenters. The van der Waals surface area contributed by atoms with Crippen LogP contribution in [0.5, 0.6) is 5.88 Å². The number of halogens is 3. The first-order valence-electron chi connectivity index (χ1n) is 5.77. The van der Waals surface area contributed by atoms with E-state index in [1.165, 1.54) is 0 Å². The van der Waals surface area contributed by atoms with Crippen molar-refractivity contribution < 1.29 is 23.7 Å². The molecular formula is C12H21Cl3N2O2. The lowest BCUT2D eigenvalue weighted by Crippen LogP contribution is -3.00. The second-order valence-electron chi connectivity index (χ2n) is 4.10. The van der Waals surface area contributed by atoms with Crippen LogP contribution < -0.4 is 22.5 Å². The minimum absolute atomic E-state index is 0. The summed E-state index contributed by atoms with van der Waals surface area (Å²) in [7, 11) is 0. The smallest absolute Gasteiger partial charge is 1.00 e. The van der Waals surface area contributed by atoms with E-state index in [1.807, 2.05) is 19.1 Å². The predicted molar refractivity (Wildman–Crippen MR) is 77.0 cm³/mol. The Bertz CT molecular complexity index is 349. The van der Waals surface area contributed by atoms with Crippen LogP contribution in [0.15, 0.2) is 18.3 Å². The number of nitrogens with zero attached hydrogens (tertiary/aromatic N) is 1. The Labute approximate surface area is 134 Å². The van der Waals surface area contributed by atoms with E-state index >= 15 is 0 Å². The number of piperidine rings is 1. The number of aliphatic hydroxyl groups is 1. The molecule has 2 N–H and O–H groups in total. The predicted octanol–water partition coefficient (Wildman–Crippen LogP) is -0.989. The fourth-order valence-electron chi connectivity index (χ4n) is 2.02. The van der Waals surface area contributed by atoms with Crippen molar-refractivity contribution in [3.63, 3.8) is 0 Å². The van der Waals surface area contributed by atoms with Crippen LogP contribution in [0.1, 0.15) is 26.8 Å². The maximum atomic E-state index is 10.4. The first kappa shape index (κ1) is 21.0. The zero-order valence-corrected chi connectivity index (χ0v) is 13.2. The van der Waals surface area contributed by atoms with E-state index in [0.29, 0.717) is 12.5 Å². The van der Waals surface area contributed by atoms with Gasteiger partial charge in [0.2, 0.25) is 5.88 Å². The summed E-state index contributed by atoms with van der Waals surface area (Å²) in [5.74, 6) is 0.615. The van der Waals surface area contributed by atoms with E-state index < -0.39 is 5.60 Å². The van der Waals surface area contributed by atoms with Gasteiger partial charge in [-0.15, -0.1) is 24.8 Å². The van der Waals surface area contributed by atoms with Crippen LogP contribution >= 0.6 is 24.8 Å². The lowest BCUT2D eigenvalue weighted by Gasteiger charge is -2.32. The minimum Gasteiger partial charge on any atom is -1.00 e. The average Bonchev–Trinajstić information content (AvgIpc) is 2.31. The van der Waals surface area contributed by atoms with E-state index in [-0.39, 0.29) is 38.6 Å². The summed E-state index contributed by atoms with van der Waals surface area (Å²) in [5, 5.41) is 13.7. The van der Waals surface area contributed by atoms with Gasteiger partial charge in [0.25, 0.3) is 0 Å². The summed E-state index contributed by atoms with van der Waals surface area (Å²) < 4.78 is 5.28. The highest BCUT2D eigenvalue weighted by Crippen LogP contribution is 2.30. The molecule has 2 rings (SSSR count). The number of hydrogen-bond donors (Lipinski definition) is 2. The molecule has 19 heavy (non-hydrogen) atoms. The van der Waals surface area contributed by atoms with Crippen LogP contribution in [0, 0.1) is 0 Å².